The molecule has 1 N–H and O–H groups in total. The second-order valence-corrected chi connectivity index (χ2v) is 4.28. The van der Waals surface area contributed by atoms with Gasteiger partial charge in [-0.25, -0.2) is 4.21 Å². The number of fused-ring (bicyclic) bond motifs is 1. The molecule has 0 radical (unpaired) electrons. The Morgan fingerprint density at radius 2 is 2.27 bits per heavy atom. The van der Waals surface area contributed by atoms with Gasteiger partial charge in [0, 0.05) is 6.54 Å². The SMILES string of the molecule is N#CC1c2ccccc2CCN1S(=O)O. The largest absolute Gasteiger partial charge is 0.294 e. The number of nitrogens with zero attached hydrogens (tertiary/aromatic N) is 2. The number of benzene rings is 1. The van der Waals surface area contributed by atoms with Crippen LogP contribution >= 0.6 is 0 Å². The Kier molecular flexibility index (Phi) is 2.82. The molecule has 0 spiro atoms. The number of nitriles is 1. The summed E-state index contributed by atoms with van der Waals surface area (Å²) in [6.45, 7) is 0.443. The summed E-state index contributed by atoms with van der Waals surface area (Å²) in [4.78, 5) is 0. The van der Waals surface area contributed by atoms with Crippen LogP contribution in [-0.2, 0) is 17.7 Å². The summed E-state index contributed by atoms with van der Waals surface area (Å²) in [6.07, 6.45) is 0.709. The van der Waals surface area contributed by atoms with E-state index in [1.807, 2.05) is 24.3 Å². The molecule has 0 saturated carbocycles. The molecule has 2 atom stereocenters. The van der Waals surface area contributed by atoms with E-state index in [0.29, 0.717) is 13.0 Å². The first-order valence-electron chi connectivity index (χ1n) is 4.59. The van der Waals surface area contributed by atoms with Crippen molar-refractivity contribution in [3.63, 3.8) is 0 Å². The molecule has 0 aromatic heterocycles. The summed E-state index contributed by atoms with van der Waals surface area (Å²) in [5.74, 6) is 0. The van der Waals surface area contributed by atoms with Crippen LogP contribution in [-0.4, -0.2) is 19.6 Å². The molecule has 5 heteroatoms. The van der Waals surface area contributed by atoms with Crippen LogP contribution in [0.4, 0.5) is 0 Å². The van der Waals surface area contributed by atoms with E-state index in [-0.39, 0.29) is 0 Å². The quantitative estimate of drug-likeness (QED) is 0.727. The molecule has 1 aromatic carbocycles. The third-order valence-corrected chi connectivity index (χ3v) is 3.36. The monoisotopic (exact) mass is 222 g/mol. The Morgan fingerprint density at radius 1 is 1.53 bits per heavy atom. The van der Waals surface area contributed by atoms with E-state index >= 15 is 0 Å². The van der Waals surface area contributed by atoms with Crippen molar-refractivity contribution in [3.05, 3.63) is 35.4 Å². The molecule has 0 fully saturated rings. The van der Waals surface area contributed by atoms with Crippen molar-refractivity contribution in [1.82, 2.24) is 4.31 Å². The van der Waals surface area contributed by atoms with Crippen molar-refractivity contribution in [2.45, 2.75) is 12.5 Å². The van der Waals surface area contributed by atoms with Gasteiger partial charge in [-0.3, -0.25) is 4.55 Å². The first-order valence-corrected chi connectivity index (χ1v) is 5.65. The zero-order chi connectivity index (χ0) is 10.8. The van der Waals surface area contributed by atoms with Gasteiger partial charge >= 0.3 is 0 Å². The van der Waals surface area contributed by atoms with Crippen LogP contribution in [0.1, 0.15) is 17.2 Å². The molecule has 1 aliphatic heterocycles. The first-order chi connectivity index (χ1) is 7.24. The van der Waals surface area contributed by atoms with Gasteiger partial charge in [0.15, 0.2) is 0 Å². The standard InChI is InChI=1S/C10H10N2O2S/c11-7-10-9-4-2-1-3-8(9)5-6-12(10)15(13)14/h1-4,10H,5-6H2,(H,13,14). The molecule has 0 bridgehead atoms. The summed E-state index contributed by atoms with van der Waals surface area (Å²) in [6, 6.07) is 9.00. The molecule has 1 heterocycles. The third kappa shape index (κ3) is 1.79. The van der Waals surface area contributed by atoms with E-state index in [1.54, 1.807) is 0 Å². The highest BCUT2D eigenvalue weighted by atomic mass is 32.2. The van der Waals surface area contributed by atoms with E-state index in [0.717, 1.165) is 11.1 Å². The lowest BCUT2D eigenvalue weighted by Crippen LogP contribution is -2.35. The fourth-order valence-corrected chi connectivity index (χ4v) is 2.43. The topological polar surface area (TPSA) is 64.3 Å². The van der Waals surface area contributed by atoms with Gasteiger partial charge < -0.3 is 0 Å². The molecule has 0 amide bonds. The predicted molar refractivity (Wildman–Crippen MR) is 56.0 cm³/mol. The Bertz CT molecular complexity index is 441. The summed E-state index contributed by atoms with van der Waals surface area (Å²) in [5, 5.41) is 9.02. The predicted octanol–water partition coefficient (Wildman–Crippen LogP) is 1.25. The van der Waals surface area contributed by atoms with Crippen LogP contribution in [0.2, 0.25) is 0 Å². The van der Waals surface area contributed by atoms with Crippen molar-refractivity contribution >= 4 is 11.3 Å². The average Bonchev–Trinajstić information content (AvgIpc) is 2.27. The van der Waals surface area contributed by atoms with Crippen LogP contribution in [0.15, 0.2) is 24.3 Å². The molecule has 2 rings (SSSR count). The summed E-state index contributed by atoms with van der Waals surface area (Å²) in [7, 11) is 0. The van der Waals surface area contributed by atoms with Gasteiger partial charge in [0.1, 0.15) is 6.04 Å². The fourth-order valence-electron chi connectivity index (χ4n) is 1.85. The maximum atomic E-state index is 11.0. The van der Waals surface area contributed by atoms with E-state index < -0.39 is 17.3 Å². The Labute approximate surface area is 90.6 Å². The number of hydrogen-bond donors (Lipinski definition) is 1. The maximum Gasteiger partial charge on any atom is 0.236 e. The van der Waals surface area contributed by atoms with Gasteiger partial charge in [0.25, 0.3) is 0 Å². The molecule has 15 heavy (non-hydrogen) atoms. The van der Waals surface area contributed by atoms with Gasteiger partial charge in [-0.1, -0.05) is 24.3 Å². The van der Waals surface area contributed by atoms with E-state index in [1.165, 1.54) is 4.31 Å². The average molecular weight is 222 g/mol. The molecule has 0 saturated heterocycles. The Balaban J connectivity index is 2.44. The van der Waals surface area contributed by atoms with Crippen molar-refractivity contribution < 1.29 is 8.76 Å². The lowest BCUT2D eigenvalue weighted by molar-refractivity contribution is 0.347. The molecule has 0 aliphatic carbocycles. The maximum absolute atomic E-state index is 11.0. The zero-order valence-corrected chi connectivity index (χ0v) is 8.78. The zero-order valence-electron chi connectivity index (χ0n) is 7.96. The summed E-state index contributed by atoms with van der Waals surface area (Å²) >= 11 is -2.08. The van der Waals surface area contributed by atoms with Crippen molar-refractivity contribution in [1.29, 1.82) is 5.26 Å². The minimum Gasteiger partial charge on any atom is -0.294 e. The first kappa shape index (κ1) is 10.3. The third-order valence-electron chi connectivity index (χ3n) is 2.56. The number of hydrogen-bond acceptors (Lipinski definition) is 2. The molecular formula is C10H10N2O2S. The van der Waals surface area contributed by atoms with E-state index in [2.05, 4.69) is 6.07 Å². The second-order valence-electron chi connectivity index (χ2n) is 3.35. The molecule has 1 aromatic rings. The highest BCUT2D eigenvalue weighted by Gasteiger charge is 2.30. The van der Waals surface area contributed by atoms with Gasteiger partial charge in [0.05, 0.1) is 6.07 Å². The fraction of sp³-hybridized carbons (Fsp3) is 0.300. The Morgan fingerprint density at radius 3 is 2.93 bits per heavy atom. The van der Waals surface area contributed by atoms with Gasteiger partial charge in [-0.05, 0) is 17.5 Å². The smallest absolute Gasteiger partial charge is 0.236 e. The lowest BCUT2D eigenvalue weighted by Gasteiger charge is -2.29. The van der Waals surface area contributed by atoms with Crippen molar-refractivity contribution in [3.8, 4) is 6.07 Å². The molecule has 1 aliphatic rings. The molecule has 2 unspecified atom stereocenters. The Hall–Kier alpha value is -1.22. The molecule has 4 nitrogen and oxygen atoms in total. The highest BCUT2D eigenvalue weighted by molar-refractivity contribution is 7.76. The number of rotatable bonds is 1. The van der Waals surface area contributed by atoms with Crippen LogP contribution < -0.4 is 0 Å². The van der Waals surface area contributed by atoms with Crippen LogP contribution in [0.25, 0.3) is 0 Å². The molecular weight excluding hydrogens is 212 g/mol. The normalized spacial score (nSPS) is 22.8. The lowest BCUT2D eigenvalue weighted by atomic mass is 9.95. The van der Waals surface area contributed by atoms with Crippen LogP contribution in [0.5, 0.6) is 0 Å². The van der Waals surface area contributed by atoms with E-state index in [4.69, 9.17) is 9.81 Å². The second kappa shape index (κ2) is 4.11. The minimum absolute atomic E-state index is 0.443. The van der Waals surface area contributed by atoms with Crippen LogP contribution in [0, 0.1) is 11.3 Å². The van der Waals surface area contributed by atoms with Gasteiger partial charge in [-0.2, -0.15) is 9.57 Å². The minimum atomic E-state index is -2.08. The van der Waals surface area contributed by atoms with Crippen molar-refractivity contribution in [2.24, 2.45) is 0 Å². The summed E-state index contributed by atoms with van der Waals surface area (Å²) in [5.41, 5.74) is 1.93. The van der Waals surface area contributed by atoms with Gasteiger partial charge in [0.2, 0.25) is 11.3 Å². The van der Waals surface area contributed by atoms with Gasteiger partial charge in [-0.15, -0.1) is 0 Å². The highest BCUT2D eigenvalue weighted by Crippen LogP contribution is 2.29. The summed E-state index contributed by atoms with van der Waals surface area (Å²) < 4.78 is 21.4. The van der Waals surface area contributed by atoms with Crippen LogP contribution in [0.3, 0.4) is 0 Å². The van der Waals surface area contributed by atoms with E-state index in [9.17, 15) is 4.21 Å². The van der Waals surface area contributed by atoms with Crippen molar-refractivity contribution in [2.75, 3.05) is 6.54 Å². The molecule has 78 valence electrons.